The van der Waals surface area contributed by atoms with Crippen molar-refractivity contribution in [2.24, 2.45) is 0 Å². The standard InChI is InChI=1S/C20H24N4O3/c1-21(2)18-8-6-17(7-9-18)20(25)23-12-10-22(11-13-23)15-16-4-3-5-19(14-16)24(26)27/h3-9,14H,10-13,15H2,1-2H3. The molecule has 2 aromatic rings. The summed E-state index contributed by atoms with van der Waals surface area (Å²) in [6, 6.07) is 14.4. The minimum Gasteiger partial charge on any atom is -0.378 e. The largest absolute Gasteiger partial charge is 0.378 e. The molecule has 1 amide bonds. The fraction of sp³-hybridized carbons (Fsp3) is 0.350. The summed E-state index contributed by atoms with van der Waals surface area (Å²) < 4.78 is 0. The first-order valence-corrected chi connectivity index (χ1v) is 8.96. The number of piperazine rings is 1. The Labute approximate surface area is 158 Å². The monoisotopic (exact) mass is 368 g/mol. The molecule has 0 aromatic heterocycles. The van der Waals surface area contributed by atoms with Gasteiger partial charge in [0.15, 0.2) is 0 Å². The van der Waals surface area contributed by atoms with Crippen LogP contribution in [0.4, 0.5) is 11.4 Å². The van der Waals surface area contributed by atoms with Crippen LogP contribution in [0.1, 0.15) is 15.9 Å². The van der Waals surface area contributed by atoms with Gasteiger partial charge in [-0.05, 0) is 29.8 Å². The molecule has 1 aliphatic rings. The molecular formula is C20H24N4O3. The van der Waals surface area contributed by atoms with Gasteiger partial charge in [0.1, 0.15) is 0 Å². The van der Waals surface area contributed by atoms with Gasteiger partial charge in [-0.25, -0.2) is 0 Å². The van der Waals surface area contributed by atoms with Gasteiger partial charge >= 0.3 is 0 Å². The van der Waals surface area contributed by atoms with Crippen LogP contribution in [0.15, 0.2) is 48.5 Å². The Morgan fingerprint density at radius 1 is 1.07 bits per heavy atom. The summed E-state index contributed by atoms with van der Waals surface area (Å²) in [4.78, 5) is 29.3. The molecule has 27 heavy (non-hydrogen) atoms. The van der Waals surface area contributed by atoms with Gasteiger partial charge in [0.2, 0.25) is 0 Å². The fourth-order valence-electron chi connectivity index (χ4n) is 3.22. The molecule has 142 valence electrons. The van der Waals surface area contributed by atoms with Gasteiger partial charge in [0.25, 0.3) is 11.6 Å². The molecule has 7 heteroatoms. The molecule has 1 aliphatic heterocycles. The highest BCUT2D eigenvalue weighted by atomic mass is 16.6. The van der Waals surface area contributed by atoms with Crippen LogP contribution in [0.3, 0.4) is 0 Å². The maximum atomic E-state index is 12.7. The van der Waals surface area contributed by atoms with Crippen LogP contribution in [0, 0.1) is 10.1 Å². The number of nitrogens with zero attached hydrogens (tertiary/aromatic N) is 4. The summed E-state index contributed by atoms with van der Waals surface area (Å²) in [5.74, 6) is 0.0512. The summed E-state index contributed by atoms with van der Waals surface area (Å²) in [5, 5.41) is 10.9. The molecular weight excluding hydrogens is 344 g/mol. The van der Waals surface area contributed by atoms with Gasteiger partial charge in [-0.1, -0.05) is 12.1 Å². The lowest BCUT2D eigenvalue weighted by Crippen LogP contribution is -2.48. The maximum absolute atomic E-state index is 12.7. The van der Waals surface area contributed by atoms with E-state index in [2.05, 4.69) is 4.90 Å². The Morgan fingerprint density at radius 3 is 2.33 bits per heavy atom. The topological polar surface area (TPSA) is 69.9 Å². The molecule has 0 unspecified atom stereocenters. The predicted molar refractivity (Wildman–Crippen MR) is 105 cm³/mol. The lowest BCUT2D eigenvalue weighted by atomic mass is 10.1. The summed E-state index contributed by atoms with van der Waals surface area (Å²) in [5.41, 5.74) is 2.80. The normalized spacial score (nSPS) is 14.8. The van der Waals surface area contributed by atoms with Crippen molar-refractivity contribution in [1.29, 1.82) is 0 Å². The minimum absolute atomic E-state index is 0.0512. The predicted octanol–water partition coefficient (Wildman–Crippen LogP) is 2.62. The summed E-state index contributed by atoms with van der Waals surface area (Å²) in [7, 11) is 3.94. The Hall–Kier alpha value is -2.93. The second-order valence-corrected chi connectivity index (χ2v) is 6.94. The highest BCUT2D eigenvalue weighted by Crippen LogP contribution is 2.17. The molecule has 3 rings (SSSR count). The zero-order valence-electron chi connectivity index (χ0n) is 15.7. The number of rotatable bonds is 5. The Bertz CT molecular complexity index is 812. The van der Waals surface area contributed by atoms with E-state index in [-0.39, 0.29) is 16.5 Å². The van der Waals surface area contributed by atoms with Gasteiger partial charge in [0, 0.05) is 70.2 Å². The van der Waals surface area contributed by atoms with Crippen molar-refractivity contribution >= 4 is 17.3 Å². The van der Waals surface area contributed by atoms with E-state index in [4.69, 9.17) is 0 Å². The zero-order chi connectivity index (χ0) is 19.4. The molecule has 0 spiro atoms. The molecule has 0 atom stereocenters. The van der Waals surface area contributed by atoms with E-state index in [1.165, 1.54) is 6.07 Å². The third-order valence-electron chi connectivity index (χ3n) is 4.82. The van der Waals surface area contributed by atoms with E-state index in [0.717, 1.165) is 24.3 Å². The Balaban J connectivity index is 1.56. The molecule has 0 saturated carbocycles. The van der Waals surface area contributed by atoms with Crippen molar-refractivity contribution in [2.45, 2.75) is 6.54 Å². The van der Waals surface area contributed by atoms with Crippen molar-refractivity contribution in [3.05, 3.63) is 69.8 Å². The Morgan fingerprint density at radius 2 is 1.74 bits per heavy atom. The number of hydrogen-bond acceptors (Lipinski definition) is 5. The lowest BCUT2D eigenvalue weighted by Gasteiger charge is -2.34. The quantitative estimate of drug-likeness (QED) is 0.599. The zero-order valence-corrected chi connectivity index (χ0v) is 15.7. The van der Waals surface area contributed by atoms with Crippen LogP contribution in [-0.2, 0) is 6.54 Å². The highest BCUT2D eigenvalue weighted by Gasteiger charge is 2.22. The lowest BCUT2D eigenvalue weighted by molar-refractivity contribution is -0.384. The van der Waals surface area contributed by atoms with Gasteiger partial charge in [-0.3, -0.25) is 19.8 Å². The number of carbonyl (C=O) groups excluding carboxylic acids is 1. The van der Waals surface area contributed by atoms with Crippen molar-refractivity contribution in [3.8, 4) is 0 Å². The van der Waals surface area contributed by atoms with Crippen molar-refractivity contribution in [1.82, 2.24) is 9.80 Å². The fourth-order valence-corrected chi connectivity index (χ4v) is 3.22. The molecule has 0 bridgehead atoms. The van der Waals surface area contributed by atoms with E-state index < -0.39 is 0 Å². The number of anilines is 1. The number of carbonyl (C=O) groups is 1. The third kappa shape index (κ3) is 4.62. The van der Waals surface area contributed by atoms with Crippen LogP contribution in [0.5, 0.6) is 0 Å². The number of amides is 1. The molecule has 0 N–H and O–H groups in total. The van der Waals surface area contributed by atoms with Crippen LogP contribution >= 0.6 is 0 Å². The van der Waals surface area contributed by atoms with E-state index in [1.807, 2.05) is 54.2 Å². The van der Waals surface area contributed by atoms with Crippen molar-refractivity contribution in [2.75, 3.05) is 45.2 Å². The van der Waals surface area contributed by atoms with Gasteiger partial charge in [0.05, 0.1) is 4.92 Å². The average molecular weight is 368 g/mol. The van der Waals surface area contributed by atoms with E-state index in [9.17, 15) is 14.9 Å². The Kier molecular flexibility index (Phi) is 5.71. The number of benzene rings is 2. The number of non-ortho nitro benzene ring substituents is 1. The smallest absolute Gasteiger partial charge is 0.269 e. The number of nitro groups is 1. The first-order chi connectivity index (χ1) is 12.9. The van der Waals surface area contributed by atoms with Crippen LogP contribution in [0.2, 0.25) is 0 Å². The number of hydrogen-bond donors (Lipinski definition) is 0. The molecule has 7 nitrogen and oxygen atoms in total. The average Bonchev–Trinajstić information content (AvgIpc) is 2.68. The summed E-state index contributed by atoms with van der Waals surface area (Å²) in [6.07, 6.45) is 0. The maximum Gasteiger partial charge on any atom is 0.269 e. The summed E-state index contributed by atoms with van der Waals surface area (Å²) in [6.45, 7) is 3.47. The number of nitro benzene ring substituents is 1. The second kappa shape index (κ2) is 8.18. The van der Waals surface area contributed by atoms with Gasteiger partial charge < -0.3 is 9.80 Å². The van der Waals surface area contributed by atoms with Gasteiger partial charge in [-0.15, -0.1) is 0 Å². The molecule has 2 aromatic carbocycles. The minimum atomic E-state index is -0.373. The highest BCUT2D eigenvalue weighted by molar-refractivity contribution is 5.94. The third-order valence-corrected chi connectivity index (χ3v) is 4.82. The van der Waals surface area contributed by atoms with Gasteiger partial charge in [-0.2, -0.15) is 0 Å². The van der Waals surface area contributed by atoms with Crippen LogP contribution < -0.4 is 4.90 Å². The van der Waals surface area contributed by atoms with E-state index in [1.54, 1.807) is 12.1 Å². The van der Waals surface area contributed by atoms with Crippen molar-refractivity contribution < 1.29 is 9.72 Å². The summed E-state index contributed by atoms with van der Waals surface area (Å²) >= 11 is 0. The van der Waals surface area contributed by atoms with Crippen LogP contribution in [0.25, 0.3) is 0 Å². The van der Waals surface area contributed by atoms with E-state index >= 15 is 0 Å². The van der Waals surface area contributed by atoms with E-state index in [0.29, 0.717) is 25.2 Å². The molecule has 1 saturated heterocycles. The first-order valence-electron chi connectivity index (χ1n) is 8.96. The molecule has 0 radical (unpaired) electrons. The molecule has 0 aliphatic carbocycles. The molecule has 1 fully saturated rings. The second-order valence-electron chi connectivity index (χ2n) is 6.94. The van der Waals surface area contributed by atoms with Crippen LogP contribution in [-0.4, -0.2) is 60.9 Å². The SMILES string of the molecule is CN(C)c1ccc(C(=O)N2CCN(Cc3cccc([N+](=O)[O-])c3)CC2)cc1. The first kappa shape index (κ1) is 18.8. The molecule has 1 heterocycles. The van der Waals surface area contributed by atoms with Crippen molar-refractivity contribution in [3.63, 3.8) is 0 Å².